The van der Waals surface area contributed by atoms with E-state index in [0.717, 1.165) is 16.9 Å². The molecule has 0 amide bonds. The molecule has 0 saturated carbocycles. The largest absolute Gasteiger partial charge is 0.496 e. The van der Waals surface area contributed by atoms with Gasteiger partial charge >= 0.3 is 0 Å². The summed E-state index contributed by atoms with van der Waals surface area (Å²) in [5.41, 5.74) is 1.77. The van der Waals surface area contributed by atoms with Gasteiger partial charge in [0.05, 0.1) is 7.11 Å². The minimum atomic E-state index is 0.217. The summed E-state index contributed by atoms with van der Waals surface area (Å²) in [6.07, 6.45) is 1.44. The SMILES string of the molecule is COc1cccc(Cl)c1CNc1ncnc(Cl)c1C(C)C. The summed E-state index contributed by atoms with van der Waals surface area (Å²) >= 11 is 12.4. The second-order valence-corrected chi connectivity index (χ2v) is 5.62. The number of ether oxygens (including phenoxy) is 1. The molecule has 4 nitrogen and oxygen atoms in total. The van der Waals surface area contributed by atoms with Crippen LogP contribution in [0.5, 0.6) is 5.75 Å². The zero-order valence-electron chi connectivity index (χ0n) is 12.2. The number of rotatable bonds is 5. The molecule has 2 rings (SSSR count). The van der Waals surface area contributed by atoms with Gasteiger partial charge in [-0.3, -0.25) is 0 Å². The van der Waals surface area contributed by atoms with E-state index in [-0.39, 0.29) is 5.92 Å². The van der Waals surface area contributed by atoms with Crippen LogP contribution in [-0.2, 0) is 6.54 Å². The minimum absolute atomic E-state index is 0.217. The van der Waals surface area contributed by atoms with Crippen LogP contribution in [0.2, 0.25) is 10.2 Å². The summed E-state index contributed by atoms with van der Waals surface area (Å²) in [6, 6.07) is 5.56. The van der Waals surface area contributed by atoms with E-state index >= 15 is 0 Å². The Morgan fingerprint density at radius 1 is 1.24 bits per heavy atom. The molecule has 2 aromatic rings. The van der Waals surface area contributed by atoms with Gasteiger partial charge in [0, 0.05) is 22.7 Å². The van der Waals surface area contributed by atoms with Crippen molar-refractivity contribution in [2.75, 3.05) is 12.4 Å². The van der Waals surface area contributed by atoms with Gasteiger partial charge in [0.1, 0.15) is 23.0 Å². The van der Waals surface area contributed by atoms with E-state index in [2.05, 4.69) is 15.3 Å². The Kier molecular flexibility index (Phi) is 5.26. The Balaban J connectivity index is 2.27. The molecule has 0 aliphatic rings. The van der Waals surface area contributed by atoms with Crippen molar-refractivity contribution < 1.29 is 4.74 Å². The molecule has 1 aromatic heterocycles. The number of nitrogens with zero attached hydrogens (tertiary/aromatic N) is 2. The number of hydrogen-bond donors (Lipinski definition) is 1. The lowest BCUT2D eigenvalue weighted by atomic mass is 10.1. The highest BCUT2D eigenvalue weighted by Crippen LogP contribution is 2.30. The van der Waals surface area contributed by atoms with Crippen molar-refractivity contribution in [1.29, 1.82) is 0 Å². The first-order valence-corrected chi connectivity index (χ1v) is 7.35. The van der Waals surface area contributed by atoms with E-state index in [9.17, 15) is 0 Å². The van der Waals surface area contributed by atoms with Crippen molar-refractivity contribution in [2.45, 2.75) is 26.3 Å². The van der Waals surface area contributed by atoms with Crippen LogP contribution in [0.3, 0.4) is 0 Å². The normalized spacial score (nSPS) is 10.8. The number of anilines is 1. The van der Waals surface area contributed by atoms with Crippen LogP contribution in [0.4, 0.5) is 5.82 Å². The minimum Gasteiger partial charge on any atom is -0.496 e. The maximum Gasteiger partial charge on any atom is 0.138 e. The maximum absolute atomic E-state index is 6.23. The van der Waals surface area contributed by atoms with Gasteiger partial charge in [-0.15, -0.1) is 0 Å². The number of aromatic nitrogens is 2. The molecule has 0 spiro atoms. The number of hydrogen-bond acceptors (Lipinski definition) is 4. The first-order valence-electron chi connectivity index (χ1n) is 6.60. The van der Waals surface area contributed by atoms with Crippen molar-refractivity contribution in [3.05, 3.63) is 45.8 Å². The molecule has 0 unspecified atom stereocenters. The molecule has 112 valence electrons. The van der Waals surface area contributed by atoms with Gasteiger partial charge in [0.2, 0.25) is 0 Å². The molecule has 6 heteroatoms. The molecule has 0 atom stereocenters. The summed E-state index contributed by atoms with van der Waals surface area (Å²) in [6.45, 7) is 4.59. The van der Waals surface area contributed by atoms with Crippen LogP contribution in [-0.4, -0.2) is 17.1 Å². The van der Waals surface area contributed by atoms with Crippen LogP contribution >= 0.6 is 23.2 Å². The van der Waals surface area contributed by atoms with E-state index in [0.29, 0.717) is 22.5 Å². The fraction of sp³-hybridized carbons (Fsp3) is 0.333. The lowest BCUT2D eigenvalue weighted by molar-refractivity contribution is 0.410. The van der Waals surface area contributed by atoms with Gasteiger partial charge in [-0.05, 0) is 18.1 Å². The molecule has 1 N–H and O–H groups in total. The van der Waals surface area contributed by atoms with E-state index in [4.69, 9.17) is 27.9 Å². The van der Waals surface area contributed by atoms with Crippen molar-refractivity contribution >= 4 is 29.0 Å². The molecule has 0 fully saturated rings. The second kappa shape index (κ2) is 6.96. The predicted molar refractivity (Wildman–Crippen MR) is 86.5 cm³/mol. The fourth-order valence-electron chi connectivity index (χ4n) is 2.10. The third kappa shape index (κ3) is 3.57. The van der Waals surface area contributed by atoms with Gasteiger partial charge in [0.15, 0.2) is 0 Å². The summed E-state index contributed by atoms with van der Waals surface area (Å²) in [7, 11) is 1.62. The van der Waals surface area contributed by atoms with Gasteiger partial charge in [-0.2, -0.15) is 0 Å². The van der Waals surface area contributed by atoms with Crippen LogP contribution in [0.15, 0.2) is 24.5 Å². The summed E-state index contributed by atoms with van der Waals surface area (Å²) in [5.74, 6) is 1.67. The molecular weight excluding hydrogens is 309 g/mol. The Morgan fingerprint density at radius 2 is 2.00 bits per heavy atom. The first-order chi connectivity index (χ1) is 10.0. The number of methoxy groups -OCH3 is 1. The monoisotopic (exact) mass is 325 g/mol. The first kappa shape index (κ1) is 15.9. The predicted octanol–water partition coefficient (Wildman–Crippen LogP) is 4.53. The average Bonchev–Trinajstić information content (AvgIpc) is 2.45. The third-order valence-corrected chi connectivity index (χ3v) is 3.80. The van der Waals surface area contributed by atoms with Crippen molar-refractivity contribution in [3.63, 3.8) is 0 Å². The van der Waals surface area contributed by atoms with Crippen molar-refractivity contribution in [3.8, 4) is 5.75 Å². The Bertz CT molecular complexity index is 632. The molecule has 0 aliphatic carbocycles. The topological polar surface area (TPSA) is 47.0 Å². The van der Waals surface area contributed by atoms with Crippen LogP contribution in [0, 0.1) is 0 Å². The van der Waals surface area contributed by atoms with Gasteiger partial charge < -0.3 is 10.1 Å². The maximum atomic E-state index is 6.23. The zero-order chi connectivity index (χ0) is 15.4. The molecule has 0 saturated heterocycles. The lowest BCUT2D eigenvalue weighted by Gasteiger charge is -2.16. The Hall–Kier alpha value is -1.52. The van der Waals surface area contributed by atoms with E-state index in [1.165, 1.54) is 6.33 Å². The zero-order valence-corrected chi connectivity index (χ0v) is 13.7. The molecule has 0 radical (unpaired) electrons. The summed E-state index contributed by atoms with van der Waals surface area (Å²) in [5, 5.41) is 4.38. The second-order valence-electron chi connectivity index (χ2n) is 4.86. The smallest absolute Gasteiger partial charge is 0.138 e. The standard InChI is InChI=1S/C15H17Cl2N3O/c1-9(2)13-14(17)19-8-20-15(13)18-7-10-11(16)5-4-6-12(10)21-3/h4-6,8-9H,7H2,1-3H3,(H,18,19,20). The molecule has 21 heavy (non-hydrogen) atoms. The van der Waals surface area contributed by atoms with Gasteiger partial charge in [-0.25, -0.2) is 9.97 Å². The number of benzene rings is 1. The van der Waals surface area contributed by atoms with Crippen LogP contribution in [0.1, 0.15) is 30.9 Å². The Morgan fingerprint density at radius 3 is 2.67 bits per heavy atom. The molecule has 0 bridgehead atoms. The number of nitrogens with one attached hydrogen (secondary N) is 1. The molecule has 1 heterocycles. The van der Waals surface area contributed by atoms with Crippen LogP contribution in [0.25, 0.3) is 0 Å². The lowest BCUT2D eigenvalue weighted by Crippen LogP contribution is -2.08. The Labute approximate surface area is 134 Å². The third-order valence-electron chi connectivity index (χ3n) is 3.14. The highest BCUT2D eigenvalue weighted by Gasteiger charge is 2.14. The average molecular weight is 326 g/mol. The van der Waals surface area contributed by atoms with Gasteiger partial charge in [-0.1, -0.05) is 43.1 Å². The quantitative estimate of drug-likeness (QED) is 0.820. The van der Waals surface area contributed by atoms with E-state index in [1.54, 1.807) is 7.11 Å². The van der Waals surface area contributed by atoms with Crippen molar-refractivity contribution in [2.24, 2.45) is 0 Å². The van der Waals surface area contributed by atoms with Gasteiger partial charge in [0.25, 0.3) is 0 Å². The molecule has 1 aromatic carbocycles. The van der Waals surface area contributed by atoms with Crippen LogP contribution < -0.4 is 10.1 Å². The number of halogens is 2. The van der Waals surface area contributed by atoms with E-state index < -0.39 is 0 Å². The van der Waals surface area contributed by atoms with E-state index in [1.807, 2.05) is 32.0 Å². The highest BCUT2D eigenvalue weighted by atomic mass is 35.5. The summed E-state index contributed by atoms with van der Waals surface area (Å²) in [4.78, 5) is 8.30. The highest BCUT2D eigenvalue weighted by molar-refractivity contribution is 6.31. The summed E-state index contributed by atoms with van der Waals surface area (Å²) < 4.78 is 5.33. The molecule has 0 aliphatic heterocycles. The molecular formula is C15H17Cl2N3O. The fourth-order valence-corrected chi connectivity index (χ4v) is 2.68. The van der Waals surface area contributed by atoms with Crippen molar-refractivity contribution in [1.82, 2.24) is 9.97 Å².